The summed E-state index contributed by atoms with van der Waals surface area (Å²) in [5, 5.41) is 0.571. The molecule has 3 aromatic rings. The molecule has 0 radical (unpaired) electrons. The van der Waals surface area contributed by atoms with Gasteiger partial charge in [0, 0.05) is 6.07 Å². The van der Waals surface area contributed by atoms with E-state index in [1.807, 2.05) is 42.5 Å². The van der Waals surface area contributed by atoms with E-state index in [2.05, 4.69) is 13.8 Å². The Labute approximate surface area is 236 Å². The minimum atomic E-state index is -0.0292. The van der Waals surface area contributed by atoms with Crippen LogP contribution in [0.2, 0.25) is 0 Å². The van der Waals surface area contributed by atoms with Crippen molar-refractivity contribution in [1.82, 2.24) is 0 Å². The Morgan fingerprint density at radius 1 is 0.590 bits per heavy atom. The van der Waals surface area contributed by atoms with E-state index in [0.717, 1.165) is 36.5 Å². The zero-order valence-corrected chi connectivity index (χ0v) is 24.5. The maximum absolute atomic E-state index is 13.2. The number of unbranched alkanes of at least 4 members (excludes halogenated alkanes) is 14. The van der Waals surface area contributed by atoms with E-state index in [-0.39, 0.29) is 5.43 Å². The van der Waals surface area contributed by atoms with Gasteiger partial charge in [0.15, 0.2) is 5.43 Å². The Balaban J connectivity index is 1.42. The molecule has 0 aliphatic carbocycles. The summed E-state index contributed by atoms with van der Waals surface area (Å²) in [5.41, 5.74) is 1.92. The van der Waals surface area contributed by atoms with Crippen LogP contribution >= 0.6 is 0 Å². The average molecular weight is 535 g/mol. The summed E-state index contributed by atoms with van der Waals surface area (Å²) in [7, 11) is 0. The largest absolute Gasteiger partial charge is 0.494 e. The smallest absolute Gasteiger partial charge is 0.200 e. The number of rotatable bonds is 21. The lowest BCUT2D eigenvalue weighted by Crippen LogP contribution is -2.05. The van der Waals surface area contributed by atoms with Gasteiger partial charge in [0.2, 0.25) is 0 Å². The van der Waals surface area contributed by atoms with Gasteiger partial charge in [-0.2, -0.15) is 0 Å². The molecule has 0 atom stereocenters. The van der Waals surface area contributed by atoms with E-state index in [1.165, 1.54) is 89.9 Å². The third-order valence-electron chi connectivity index (χ3n) is 7.44. The van der Waals surface area contributed by atoms with Crippen LogP contribution in [0, 0.1) is 0 Å². The molecule has 0 bridgehead atoms. The molecule has 0 unspecified atom stereocenters. The van der Waals surface area contributed by atoms with E-state index in [4.69, 9.17) is 13.9 Å². The van der Waals surface area contributed by atoms with E-state index in [1.54, 1.807) is 6.26 Å². The highest BCUT2D eigenvalue weighted by molar-refractivity contribution is 5.82. The van der Waals surface area contributed by atoms with Crippen molar-refractivity contribution in [2.75, 3.05) is 13.2 Å². The zero-order valence-electron chi connectivity index (χ0n) is 24.5. The molecule has 0 N–H and O–H groups in total. The molecular weight excluding hydrogens is 484 g/mol. The van der Waals surface area contributed by atoms with E-state index < -0.39 is 0 Å². The summed E-state index contributed by atoms with van der Waals surface area (Å²) in [6.45, 7) is 5.93. The molecule has 3 rings (SSSR count). The van der Waals surface area contributed by atoms with Crippen LogP contribution in [0.5, 0.6) is 11.5 Å². The van der Waals surface area contributed by atoms with Gasteiger partial charge in [-0.3, -0.25) is 4.79 Å². The first kappa shape index (κ1) is 30.8. The molecule has 39 heavy (non-hydrogen) atoms. The minimum Gasteiger partial charge on any atom is -0.494 e. The van der Waals surface area contributed by atoms with Crippen LogP contribution in [0.15, 0.2) is 57.9 Å². The molecule has 0 spiro atoms. The quantitative estimate of drug-likeness (QED) is 0.128. The second-order valence-corrected chi connectivity index (χ2v) is 10.8. The highest BCUT2D eigenvalue weighted by Gasteiger charge is 2.10. The van der Waals surface area contributed by atoms with Crippen molar-refractivity contribution in [3.05, 3.63) is 59.0 Å². The van der Waals surface area contributed by atoms with Crippen molar-refractivity contribution in [3.63, 3.8) is 0 Å². The lowest BCUT2D eigenvalue weighted by Gasteiger charge is -2.09. The van der Waals surface area contributed by atoms with Crippen molar-refractivity contribution in [3.8, 4) is 22.6 Å². The lowest BCUT2D eigenvalue weighted by atomic mass is 10.1. The van der Waals surface area contributed by atoms with Gasteiger partial charge in [-0.15, -0.1) is 0 Å². The highest BCUT2D eigenvalue weighted by atomic mass is 16.5. The number of ether oxygens (including phenoxy) is 2. The molecule has 0 fully saturated rings. The molecule has 0 saturated heterocycles. The molecule has 4 heteroatoms. The van der Waals surface area contributed by atoms with Gasteiger partial charge in [0.05, 0.1) is 24.2 Å². The van der Waals surface area contributed by atoms with Gasteiger partial charge < -0.3 is 13.9 Å². The van der Waals surface area contributed by atoms with Crippen molar-refractivity contribution < 1.29 is 13.9 Å². The van der Waals surface area contributed by atoms with Gasteiger partial charge in [0.25, 0.3) is 0 Å². The Morgan fingerprint density at radius 2 is 1.08 bits per heavy atom. The molecule has 0 aliphatic rings. The normalized spacial score (nSPS) is 11.2. The molecular formula is C35H50O4. The fraction of sp³-hybridized carbons (Fsp3) is 0.571. The van der Waals surface area contributed by atoms with Crippen molar-refractivity contribution in [2.45, 2.75) is 117 Å². The summed E-state index contributed by atoms with van der Waals surface area (Å²) in [6, 6.07) is 13.3. The highest BCUT2D eigenvalue weighted by Crippen LogP contribution is 2.25. The van der Waals surface area contributed by atoms with Crippen LogP contribution in [0.3, 0.4) is 0 Å². The van der Waals surface area contributed by atoms with E-state index >= 15 is 0 Å². The second kappa shape index (κ2) is 18.5. The molecule has 0 amide bonds. The van der Waals surface area contributed by atoms with Gasteiger partial charge in [0.1, 0.15) is 23.3 Å². The van der Waals surface area contributed by atoms with Gasteiger partial charge in [-0.1, -0.05) is 116 Å². The molecule has 1 heterocycles. The maximum Gasteiger partial charge on any atom is 0.200 e. The van der Waals surface area contributed by atoms with Crippen LogP contribution in [0.1, 0.15) is 117 Å². The second-order valence-electron chi connectivity index (χ2n) is 10.8. The zero-order chi connectivity index (χ0) is 27.5. The number of hydrogen-bond acceptors (Lipinski definition) is 4. The fourth-order valence-electron chi connectivity index (χ4n) is 4.98. The first-order valence-electron chi connectivity index (χ1n) is 15.6. The summed E-state index contributed by atoms with van der Waals surface area (Å²) in [4.78, 5) is 13.2. The monoisotopic (exact) mass is 534 g/mol. The van der Waals surface area contributed by atoms with Crippen molar-refractivity contribution >= 4 is 11.0 Å². The third kappa shape index (κ3) is 11.1. The van der Waals surface area contributed by atoms with Gasteiger partial charge in [-0.25, -0.2) is 0 Å². The van der Waals surface area contributed by atoms with Crippen LogP contribution in [0.25, 0.3) is 22.1 Å². The van der Waals surface area contributed by atoms with Crippen molar-refractivity contribution in [2.24, 2.45) is 0 Å². The molecule has 214 valence electrons. The summed E-state index contributed by atoms with van der Waals surface area (Å²) in [6.07, 6.45) is 22.0. The van der Waals surface area contributed by atoms with E-state index in [0.29, 0.717) is 23.1 Å². The topological polar surface area (TPSA) is 48.7 Å². The standard InChI is InChI=1S/C35H50O4/c1-3-5-7-9-11-13-15-17-25-37-30-21-19-29(20-22-30)33-28-39-34-27-31(23-24-32(34)35(33)36)38-26-18-16-14-12-10-8-6-4-2/h19-24,27-28H,3-18,25-26H2,1-2H3. The van der Waals surface area contributed by atoms with Gasteiger partial charge in [-0.05, 0) is 42.7 Å². The van der Waals surface area contributed by atoms with Crippen LogP contribution in [-0.4, -0.2) is 13.2 Å². The molecule has 0 saturated carbocycles. The van der Waals surface area contributed by atoms with E-state index in [9.17, 15) is 4.79 Å². The molecule has 0 aliphatic heterocycles. The number of hydrogen-bond donors (Lipinski definition) is 0. The fourth-order valence-corrected chi connectivity index (χ4v) is 4.98. The Kier molecular flexibility index (Phi) is 14.6. The van der Waals surface area contributed by atoms with Crippen LogP contribution in [-0.2, 0) is 0 Å². The van der Waals surface area contributed by atoms with Crippen LogP contribution in [0.4, 0.5) is 0 Å². The third-order valence-corrected chi connectivity index (χ3v) is 7.44. The predicted octanol–water partition coefficient (Wildman–Crippen LogP) is 10.5. The predicted molar refractivity (Wildman–Crippen MR) is 164 cm³/mol. The molecule has 2 aromatic carbocycles. The SMILES string of the molecule is CCCCCCCCCCOc1ccc(-c2coc3cc(OCCCCCCCCCC)ccc3c2=O)cc1. The number of fused-ring (bicyclic) bond motifs is 1. The number of benzene rings is 2. The summed E-state index contributed by atoms with van der Waals surface area (Å²) >= 11 is 0. The first-order chi connectivity index (χ1) is 19.2. The Morgan fingerprint density at radius 3 is 1.64 bits per heavy atom. The van der Waals surface area contributed by atoms with Crippen molar-refractivity contribution in [1.29, 1.82) is 0 Å². The Hall–Kier alpha value is -2.75. The minimum absolute atomic E-state index is 0.0292. The Bertz CT molecular complexity index is 1120. The van der Waals surface area contributed by atoms with Crippen LogP contribution < -0.4 is 14.9 Å². The lowest BCUT2D eigenvalue weighted by molar-refractivity contribution is 0.304. The molecule has 1 aromatic heterocycles. The first-order valence-corrected chi connectivity index (χ1v) is 15.6. The summed E-state index contributed by atoms with van der Waals surface area (Å²) < 4.78 is 17.7. The average Bonchev–Trinajstić information content (AvgIpc) is 2.96. The summed E-state index contributed by atoms with van der Waals surface area (Å²) in [5.74, 6) is 1.59. The maximum atomic E-state index is 13.2. The molecule has 4 nitrogen and oxygen atoms in total. The van der Waals surface area contributed by atoms with Gasteiger partial charge >= 0.3 is 0 Å².